The highest BCUT2D eigenvalue weighted by atomic mass is 35.5. The molecule has 0 saturated carbocycles. The number of hydrogen-bond acceptors (Lipinski definition) is 1. The van der Waals surface area contributed by atoms with Gasteiger partial charge in [0.25, 0.3) is 0 Å². The van der Waals surface area contributed by atoms with Crippen molar-refractivity contribution in [2.75, 3.05) is 5.88 Å². The second-order valence-corrected chi connectivity index (χ2v) is 4.74. The Bertz CT molecular complexity index is 279. The molecule has 1 aromatic carbocycles. The molecule has 0 amide bonds. The quantitative estimate of drug-likeness (QED) is 0.766. The van der Waals surface area contributed by atoms with Gasteiger partial charge >= 0.3 is 0 Å². The summed E-state index contributed by atoms with van der Waals surface area (Å²) in [7, 11) is 0. The summed E-state index contributed by atoms with van der Waals surface area (Å²) in [4.78, 5) is 0. The molecule has 84 valence electrons. The Morgan fingerprint density at radius 3 is 1.93 bits per heavy atom. The maximum absolute atomic E-state index is 9.39. The average Bonchev–Trinajstić information content (AvgIpc) is 2.20. The lowest BCUT2D eigenvalue weighted by Crippen LogP contribution is -2.11. The number of rotatable bonds is 5. The van der Waals surface area contributed by atoms with Crippen LogP contribution in [0.15, 0.2) is 24.3 Å². The van der Waals surface area contributed by atoms with Gasteiger partial charge in [0, 0.05) is 5.88 Å². The zero-order valence-electron chi connectivity index (χ0n) is 9.41. The SMILES string of the molecule is CC(C)Cc1ccc(C[C@H](O)CCl)cc1. The van der Waals surface area contributed by atoms with Gasteiger partial charge in [0.15, 0.2) is 0 Å². The van der Waals surface area contributed by atoms with Gasteiger partial charge in [0.1, 0.15) is 0 Å². The Hall–Kier alpha value is -0.530. The van der Waals surface area contributed by atoms with E-state index in [9.17, 15) is 5.11 Å². The van der Waals surface area contributed by atoms with Gasteiger partial charge in [0.2, 0.25) is 0 Å². The minimum Gasteiger partial charge on any atom is -0.392 e. The molecule has 1 rings (SSSR count). The van der Waals surface area contributed by atoms with E-state index in [0.29, 0.717) is 18.2 Å². The first-order chi connectivity index (χ1) is 7.11. The van der Waals surface area contributed by atoms with E-state index in [2.05, 4.69) is 38.1 Å². The zero-order chi connectivity index (χ0) is 11.3. The van der Waals surface area contributed by atoms with Crippen molar-refractivity contribution in [1.82, 2.24) is 0 Å². The maximum atomic E-state index is 9.39. The molecule has 1 N–H and O–H groups in total. The number of hydrogen-bond donors (Lipinski definition) is 1. The van der Waals surface area contributed by atoms with E-state index in [0.717, 1.165) is 12.0 Å². The van der Waals surface area contributed by atoms with Crippen molar-refractivity contribution in [1.29, 1.82) is 0 Å². The summed E-state index contributed by atoms with van der Waals surface area (Å²) in [6, 6.07) is 8.42. The van der Waals surface area contributed by atoms with Gasteiger partial charge in [-0.1, -0.05) is 38.1 Å². The molecule has 0 saturated heterocycles. The molecule has 2 heteroatoms. The van der Waals surface area contributed by atoms with Crippen molar-refractivity contribution in [3.05, 3.63) is 35.4 Å². The highest BCUT2D eigenvalue weighted by Gasteiger charge is 2.04. The Kier molecular flexibility index (Phi) is 5.13. The van der Waals surface area contributed by atoms with Crippen LogP contribution in [0.3, 0.4) is 0 Å². The van der Waals surface area contributed by atoms with Crippen molar-refractivity contribution in [3.8, 4) is 0 Å². The molecule has 0 aliphatic carbocycles. The largest absolute Gasteiger partial charge is 0.392 e. The first kappa shape index (κ1) is 12.5. The molecule has 0 radical (unpaired) electrons. The fourth-order valence-electron chi connectivity index (χ4n) is 1.61. The average molecular weight is 227 g/mol. The second kappa shape index (κ2) is 6.14. The second-order valence-electron chi connectivity index (χ2n) is 4.43. The van der Waals surface area contributed by atoms with Crippen LogP contribution in [0.1, 0.15) is 25.0 Å². The molecule has 1 aromatic rings. The highest BCUT2D eigenvalue weighted by Crippen LogP contribution is 2.11. The van der Waals surface area contributed by atoms with Gasteiger partial charge in [0.05, 0.1) is 6.10 Å². The third-order valence-electron chi connectivity index (χ3n) is 2.32. The van der Waals surface area contributed by atoms with Crippen LogP contribution in [0.4, 0.5) is 0 Å². The molecular weight excluding hydrogens is 208 g/mol. The summed E-state index contributed by atoms with van der Waals surface area (Å²) in [5, 5.41) is 9.39. The Labute approximate surface area is 97.1 Å². The Morgan fingerprint density at radius 1 is 1.07 bits per heavy atom. The van der Waals surface area contributed by atoms with Crippen LogP contribution in [0.5, 0.6) is 0 Å². The molecule has 0 spiro atoms. The van der Waals surface area contributed by atoms with Crippen LogP contribution >= 0.6 is 11.6 Å². The van der Waals surface area contributed by atoms with Gasteiger partial charge in [-0.25, -0.2) is 0 Å². The smallest absolute Gasteiger partial charge is 0.0715 e. The van der Waals surface area contributed by atoms with Crippen molar-refractivity contribution >= 4 is 11.6 Å². The molecule has 1 nitrogen and oxygen atoms in total. The number of aliphatic hydroxyl groups is 1. The van der Waals surface area contributed by atoms with E-state index < -0.39 is 6.10 Å². The van der Waals surface area contributed by atoms with Crippen molar-refractivity contribution in [2.24, 2.45) is 5.92 Å². The summed E-state index contributed by atoms with van der Waals surface area (Å²) in [6.07, 6.45) is 1.33. The van der Waals surface area contributed by atoms with Gasteiger partial charge in [-0.3, -0.25) is 0 Å². The monoisotopic (exact) mass is 226 g/mol. The van der Waals surface area contributed by atoms with Crippen molar-refractivity contribution in [2.45, 2.75) is 32.8 Å². The molecule has 0 fully saturated rings. The predicted octanol–water partition coefficient (Wildman–Crippen LogP) is 3.03. The summed E-state index contributed by atoms with van der Waals surface area (Å²) >= 11 is 5.55. The molecule has 15 heavy (non-hydrogen) atoms. The lowest BCUT2D eigenvalue weighted by molar-refractivity contribution is 0.199. The molecule has 0 aromatic heterocycles. The molecule has 0 unspecified atom stereocenters. The van der Waals surface area contributed by atoms with E-state index in [1.54, 1.807) is 0 Å². The van der Waals surface area contributed by atoms with Crippen LogP contribution in [0.2, 0.25) is 0 Å². The van der Waals surface area contributed by atoms with E-state index in [1.807, 2.05) is 0 Å². The third-order valence-corrected chi connectivity index (χ3v) is 2.67. The number of alkyl halides is 1. The fourth-order valence-corrected chi connectivity index (χ4v) is 1.72. The normalized spacial score (nSPS) is 13.1. The molecule has 0 heterocycles. The molecule has 0 bridgehead atoms. The first-order valence-corrected chi connectivity index (χ1v) is 5.97. The Morgan fingerprint density at radius 2 is 1.53 bits per heavy atom. The van der Waals surface area contributed by atoms with Gasteiger partial charge in [-0.2, -0.15) is 0 Å². The fraction of sp³-hybridized carbons (Fsp3) is 0.538. The molecule has 0 aliphatic rings. The summed E-state index contributed by atoms with van der Waals surface area (Å²) < 4.78 is 0. The lowest BCUT2D eigenvalue weighted by atomic mass is 10.0. The van der Waals surface area contributed by atoms with Crippen molar-refractivity contribution in [3.63, 3.8) is 0 Å². The van der Waals surface area contributed by atoms with Gasteiger partial charge in [-0.15, -0.1) is 11.6 Å². The van der Waals surface area contributed by atoms with Crippen molar-refractivity contribution < 1.29 is 5.11 Å². The number of aliphatic hydroxyl groups excluding tert-OH is 1. The third kappa shape index (κ3) is 4.67. The van der Waals surface area contributed by atoms with E-state index in [4.69, 9.17) is 11.6 Å². The molecule has 0 aliphatic heterocycles. The van der Waals surface area contributed by atoms with Crippen LogP contribution < -0.4 is 0 Å². The van der Waals surface area contributed by atoms with Gasteiger partial charge in [-0.05, 0) is 29.9 Å². The van der Waals surface area contributed by atoms with Crippen LogP contribution in [-0.4, -0.2) is 17.1 Å². The van der Waals surface area contributed by atoms with Crippen LogP contribution in [0.25, 0.3) is 0 Å². The zero-order valence-corrected chi connectivity index (χ0v) is 10.2. The summed E-state index contributed by atoms with van der Waals surface area (Å²) in [5.74, 6) is 0.984. The lowest BCUT2D eigenvalue weighted by Gasteiger charge is -2.08. The van der Waals surface area contributed by atoms with Crippen LogP contribution in [0, 0.1) is 5.92 Å². The van der Waals surface area contributed by atoms with E-state index in [1.165, 1.54) is 5.56 Å². The molecule has 1 atom stereocenters. The minimum atomic E-state index is -0.428. The van der Waals surface area contributed by atoms with Crippen LogP contribution in [-0.2, 0) is 12.8 Å². The van der Waals surface area contributed by atoms with E-state index >= 15 is 0 Å². The highest BCUT2D eigenvalue weighted by molar-refractivity contribution is 6.18. The number of benzene rings is 1. The summed E-state index contributed by atoms with van der Waals surface area (Å²) in [5.41, 5.74) is 2.50. The standard InChI is InChI=1S/C13H19ClO/c1-10(2)7-11-3-5-12(6-4-11)8-13(15)9-14/h3-6,10,13,15H,7-9H2,1-2H3/t13-/m0/s1. The maximum Gasteiger partial charge on any atom is 0.0715 e. The first-order valence-electron chi connectivity index (χ1n) is 5.43. The number of halogens is 1. The minimum absolute atomic E-state index is 0.299. The predicted molar refractivity (Wildman–Crippen MR) is 65.4 cm³/mol. The topological polar surface area (TPSA) is 20.2 Å². The summed E-state index contributed by atoms with van der Waals surface area (Å²) in [6.45, 7) is 4.43. The Balaban J connectivity index is 2.56. The molecular formula is C13H19ClO. The van der Waals surface area contributed by atoms with E-state index in [-0.39, 0.29) is 0 Å². The van der Waals surface area contributed by atoms with Gasteiger partial charge < -0.3 is 5.11 Å².